The molecule has 2 aromatic rings. The van der Waals surface area contributed by atoms with Gasteiger partial charge in [0.05, 0.1) is 18.6 Å². The Morgan fingerprint density at radius 1 is 1.15 bits per heavy atom. The maximum atomic E-state index is 12.0. The normalized spacial score (nSPS) is 19.3. The summed E-state index contributed by atoms with van der Waals surface area (Å²) in [6, 6.07) is 11.5. The predicted octanol–water partition coefficient (Wildman–Crippen LogP) is 3.27. The van der Waals surface area contributed by atoms with Crippen LogP contribution in [0.3, 0.4) is 0 Å². The third-order valence-electron chi connectivity index (χ3n) is 5.23. The lowest BCUT2D eigenvalue weighted by atomic mass is 9.70. The Bertz CT molecular complexity index is 843. The number of nitrogens with zero attached hydrogens (tertiary/aromatic N) is 2. The number of carbonyl (C=O) groups is 1. The van der Waals surface area contributed by atoms with Gasteiger partial charge in [-0.05, 0) is 32.0 Å². The highest BCUT2D eigenvalue weighted by atomic mass is 16.5. The van der Waals surface area contributed by atoms with E-state index in [1.807, 2.05) is 36.4 Å². The summed E-state index contributed by atoms with van der Waals surface area (Å²) in [5.41, 5.74) is 0.706. The lowest BCUT2D eigenvalue weighted by Crippen LogP contribution is -2.37. The minimum Gasteiger partial charge on any atom is -0.481 e. The first-order chi connectivity index (χ1) is 12.5. The minimum absolute atomic E-state index is 0.328. The van der Waals surface area contributed by atoms with E-state index in [2.05, 4.69) is 4.90 Å². The molecule has 0 bridgehead atoms. The molecule has 2 aliphatic heterocycles. The van der Waals surface area contributed by atoms with Crippen molar-refractivity contribution in [3.05, 3.63) is 47.5 Å². The average Bonchev–Trinajstić information content (AvgIpc) is 2.66. The zero-order valence-electron chi connectivity index (χ0n) is 14.9. The van der Waals surface area contributed by atoms with Crippen molar-refractivity contribution < 1.29 is 19.4 Å². The molecule has 0 amide bonds. The molecule has 6 heteroatoms. The maximum Gasteiger partial charge on any atom is 0.310 e. The van der Waals surface area contributed by atoms with Crippen molar-refractivity contribution >= 4 is 11.8 Å². The van der Waals surface area contributed by atoms with Crippen molar-refractivity contribution in [2.24, 2.45) is 5.41 Å². The van der Waals surface area contributed by atoms with Gasteiger partial charge in [-0.1, -0.05) is 18.2 Å². The van der Waals surface area contributed by atoms with Crippen LogP contribution in [0, 0.1) is 5.41 Å². The number of rotatable bonds is 3. The second-order valence-corrected chi connectivity index (χ2v) is 7.26. The Balaban J connectivity index is 1.81. The number of carboxylic acids is 1. The van der Waals surface area contributed by atoms with Crippen LogP contribution in [0.1, 0.15) is 30.9 Å². The van der Waals surface area contributed by atoms with Crippen LogP contribution in [0.5, 0.6) is 11.6 Å². The van der Waals surface area contributed by atoms with Gasteiger partial charge >= 0.3 is 5.97 Å². The predicted molar refractivity (Wildman–Crippen MR) is 97.0 cm³/mol. The Morgan fingerprint density at radius 2 is 1.88 bits per heavy atom. The zero-order chi connectivity index (χ0) is 18.3. The second kappa shape index (κ2) is 6.29. The molecule has 4 rings (SSSR count). The fourth-order valence-corrected chi connectivity index (χ4v) is 3.70. The Morgan fingerprint density at radius 3 is 2.62 bits per heavy atom. The highest BCUT2D eigenvalue weighted by Crippen LogP contribution is 2.51. The van der Waals surface area contributed by atoms with Gasteiger partial charge in [0, 0.05) is 30.1 Å². The highest BCUT2D eigenvalue weighted by molar-refractivity contribution is 5.77. The largest absolute Gasteiger partial charge is 0.481 e. The molecule has 1 aromatic heterocycles. The number of anilines is 1. The first-order valence-corrected chi connectivity index (χ1v) is 8.82. The number of aliphatic carboxylic acids is 1. The van der Waals surface area contributed by atoms with Gasteiger partial charge in [0.15, 0.2) is 0 Å². The van der Waals surface area contributed by atoms with E-state index in [1.54, 1.807) is 13.8 Å². The summed E-state index contributed by atoms with van der Waals surface area (Å²) < 4.78 is 11.5. The lowest BCUT2D eigenvalue weighted by Gasteiger charge is -2.36. The molecule has 1 fully saturated rings. The average molecular weight is 354 g/mol. The molecule has 1 saturated heterocycles. The van der Waals surface area contributed by atoms with E-state index in [4.69, 9.17) is 14.5 Å². The number of ether oxygens (including phenoxy) is 2. The van der Waals surface area contributed by atoms with E-state index in [-0.39, 0.29) is 5.92 Å². The summed E-state index contributed by atoms with van der Waals surface area (Å²) in [5.74, 6) is 0.824. The van der Waals surface area contributed by atoms with Crippen molar-refractivity contribution in [3.63, 3.8) is 0 Å². The van der Waals surface area contributed by atoms with Gasteiger partial charge in [0.2, 0.25) is 5.88 Å². The molecule has 3 heterocycles. The smallest absolute Gasteiger partial charge is 0.310 e. The maximum absolute atomic E-state index is 12.0. The monoisotopic (exact) mass is 354 g/mol. The van der Waals surface area contributed by atoms with Gasteiger partial charge in [-0.15, -0.1) is 0 Å². The third-order valence-corrected chi connectivity index (χ3v) is 5.23. The zero-order valence-corrected chi connectivity index (χ0v) is 14.9. The fraction of sp³-hybridized carbons (Fsp3) is 0.400. The van der Waals surface area contributed by atoms with Gasteiger partial charge in [0.1, 0.15) is 11.6 Å². The van der Waals surface area contributed by atoms with E-state index in [0.717, 1.165) is 30.0 Å². The van der Waals surface area contributed by atoms with Crippen molar-refractivity contribution in [1.29, 1.82) is 0 Å². The summed E-state index contributed by atoms with van der Waals surface area (Å²) in [4.78, 5) is 18.8. The standard InChI is InChI=1S/C20H22N2O4/c1-20(2,19(23)24)17-13-5-3-4-6-15(13)26-18-14(17)7-8-16(21-18)22-9-11-25-12-10-22/h3-8,17H,9-12H2,1-2H3,(H,23,24). The summed E-state index contributed by atoms with van der Waals surface area (Å²) in [5, 5.41) is 9.82. The quantitative estimate of drug-likeness (QED) is 0.912. The van der Waals surface area contributed by atoms with Crippen LogP contribution in [0.15, 0.2) is 36.4 Å². The third kappa shape index (κ3) is 2.70. The molecule has 0 aliphatic carbocycles. The van der Waals surface area contributed by atoms with Crippen LogP contribution in [-0.2, 0) is 9.53 Å². The number of aromatic nitrogens is 1. The van der Waals surface area contributed by atoms with E-state index in [0.29, 0.717) is 24.8 Å². The van der Waals surface area contributed by atoms with Gasteiger partial charge in [-0.3, -0.25) is 4.79 Å². The number of benzene rings is 1. The first-order valence-electron chi connectivity index (χ1n) is 8.82. The minimum atomic E-state index is -0.989. The number of pyridine rings is 1. The van der Waals surface area contributed by atoms with Crippen molar-refractivity contribution in [2.45, 2.75) is 19.8 Å². The molecule has 136 valence electrons. The van der Waals surface area contributed by atoms with E-state index >= 15 is 0 Å². The van der Waals surface area contributed by atoms with Crippen molar-refractivity contribution in [1.82, 2.24) is 4.98 Å². The SMILES string of the molecule is CC(C)(C(=O)O)C1c2ccccc2Oc2nc(N3CCOCC3)ccc21. The van der Waals surface area contributed by atoms with Crippen LogP contribution >= 0.6 is 0 Å². The summed E-state index contributed by atoms with van der Waals surface area (Å²) in [6.07, 6.45) is 0. The van der Waals surface area contributed by atoms with E-state index in [1.165, 1.54) is 0 Å². The Hall–Kier alpha value is -2.60. The van der Waals surface area contributed by atoms with Crippen LogP contribution in [-0.4, -0.2) is 42.4 Å². The Kier molecular flexibility index (Phi) is 4.07. The Labute approximate surface area is 152 Å². The van der Waals surface area contributed by atoms with Gasteiger partial charge in [-0.2, -0.15) is 4.98 Å². The number of hydrogen-bond donors (Lipinski definition) is 1. The molecule has 26 heavy (non-hydrogen) atoms. The number of morpholine rings is 1. The number of fused-ring (bicyclic) bond motifs is 2. The molecule has 1 aromatic carbocycles. The molecule has 0 saturated carbocycles. The van der Waals surface area contributed by atoms with Crippen LogP contribution in [0.4, 0.5) is 5.82 Å². The van der Waals surface area contributed by atoms with Gasteiger partial charge < -0.3 is 19.5 Å². The topological polar surface area (TPSA) is 71.9 Å². The van der Waals surface area contributed by atoms with Crippen molar-refractivity contribution in [2.75, 3.05) is 31.2 Å². The fourth-order valence-electron chi connectivity index (χ4n) is 3.70. The molecule has 1 N–H and O–H groups in total. The lowest BCUT2D eigenvalue weighted by molar-refractivity contribution is -0.147. The molecular weight excluding hydrogens is 332 g/mol. The second-order valence-electron chi connectivity index (χ2n) is 7.26. The van der Waals surface area contributed by atoms with Crippen LogP contribution < -0.4 is 9.64 Å². The summed E-state index contributed by atoms with van der Waals surface area (Å²) in [7, 11) is 0. The first kappa shape index (κ1) is 16.8. The number of para-hydroxylation sites is 1. The van der Waals surface area contributed by atoms with E-state index in [9.17, 15) is 9.90 Å². The van der Waals surface area contributed by atoms with Gasteiger partial charge in [0.25, 0.3) is 0 Å². The molecular formula is C20H22N2O4. The molecule has 0 spiro atoms. The molecule has 1 unspecified atom stereocenters. The molecule has 6 nitrogen and oxygen atoms in total. The number of hydrogen-bond acceptors (Lipinski definition) is 5. The van der Waals surface area contributed by atoms with Gasteiger partial charge in [-0.25, -0.2) is 0 Å². The highest BCUT2D eigenvalue weighted by Gasteiger charge is 2.44. The van der Waals surface area contributed by atoms with Crippen molar-refractivity contribution in [3.8, 4) is 11.6 Å². The van der Waals surface area contributed by atoms with E-state index < -0.39 is 11.4 Å². The van der Waals surface area contributed by atoms with Crippen LogP contribution in [0.2, 0.25) is 0 Å². The van der Waals surface area contributed by atoms with Crippen LogP contribution in [0.25, 0.3) is 0 Å². The summed E-state index contributed by atoms with van der Waals surface area (Å²) in [6.45, 7) is 6.43. The summed E-state index contributed by atoms with van der Waals surface area (Å²) >= 11 is 0. The molecule has 2 aliphatic rings. The molecule has 1 atom stereocenters. The number of carboxylic acid groups (broad SMARTS) is 1. The molecule has 0 radical (unpaired) electrons.